The Kier molecular flexibility index (Phi) is 5.56. The van der Waals surface area contributed by atoms with Crippen molar-refractivity contribution in [1.82, 2.24) is 4.57 Å². The summed E-state index contributed by atoms with van der Waals surface area (Å²) in [5, 5.41) is 16.5. The van der Waals surface area contributed by atoms with E-state index in [9.17, 15) is 14.9 Å². The van der Waals surface area contributed by atoms with Crippen molar-refractivity contribution < 1.29 is 14.5 Å². The second-order valence-corrected chi connectivity index (χ2v) is 7.78. The summed E-state index contributed by atoms with van der Waals surface area (Å²) in [5.41, 5.74) is 2.47. The van der Waals surface area contributed by atoms with Crippen molar-refractivity contribution in [2.24, 2.45) is 0 Å². The number of thioether (sulfide) groups is 1. The van der Waals surface area contributed by atoms with Crippen LogP contribution in [0.2, 0.25) is 0 Å². The van der Waals surface area contributed by atoms with Crippen molar-refractivity contribution in [1.29, 1.82) is 0 Å². The van der Waals surface area contributed by atoms with E-state index >= 15 is 0 Å². The van der Waals surface area contributed by atoms with Gasteiger partial charge in [0.15, 0.2) is 0 Å². The number of carbonyl (C=O) groups excluding carboxylic acids is 1. The van der Waals surface area contributed by atoms with Crippen molar-refractivity contribution in [3.63, 3.8) is 0 Å². The van der Waals surface area contributed by atoms with Crippen molar-refractivity contribution in [2.75, 3.05) is 18.7 Å². The quantitative estimate of drug-likeness (QED) is 0.238. The number of nitrogens with one attached hydrogen (secondary N) is 1. The molecule has 0 saturated carbocycles. The SMILES string of the molecule is CCn1c2ccccc2c2cc(NC(=O)c3cc(SC)c(OC)cc3[N+](=O)[O-])ccc21. The minimum atomic E-state index is -0.570. The van der Waals surface area contributed by atoms with E-state index in [1.807, 2.05) is 36.6 Å². The van der Waals surface area contributed by atoms with E-state index in [1.54, 1.807) is 0 Å². The number of hydrogen-bond acceptors (Lipinski definition) is 5. The lowest BCUT2D eigenvalue weighted by molar-refractivity contribution is -0.385. The van der Waals surface area contributed by atoms with Gasteiger partial charge in [0.1, 0.15) is 11.3 Å². The number of carbonyl (C=O) groups is 1. The lowest BCUT2D eigenvalue weighted by atomic mass is 10.1. The first-order chi connectivity index (χ1) is 15.0. The van der Waals surface area contributed by atoms with Crippen LogP contribution in [-0.2, 0) is 6.54 Å². The number of ether oxygens (including phenoxy) is 1. The highest BCUT2D eigenvalue weighted by atomic mass is 32.2. The van der Waals surface area contributed by atoms with Gasteiger partial charge in [-0.2, -0.15) is 0 Å². The molecule has 0 aliphatic heterocycles. The molecule has 0 aliphatic carbocycles. The van der Waals surface area contributed by atoms with Gasteiger partial charge in [-0.25, -0.2) is 0 Å². The molecule has 3 aromatic carbocycles. The van der Waals surface area contributed by atoms with Gasteiger partial charge in [-0.15, -0.1) is 11.8 Å². The topological polar surface area (TPSA) is 86.4 Å². The van der Waals surface area contributed by atoms with Crippen LogP contribution >= 0.6 is 11.8 Å². The number of anilines is 1. The molecule has 1 aromatic heterocycles. The Morgan fingerprint density at radius 2 is 1.87 bits per heavy atom. The Labute approximate surface area is 183 Å². The molecule has 0 saturated heterocycles. The maximum Gasteiger partial charge on any atom is 0.285 e. The van der Waals surface area contributed by atoms with Crippen LogP contribution in [0, 0.1) is 10.1 Å². The third-order valence-electron chi connectivity index (χ3n) is 5.29. The fraction of sp³-hybridized carbons (Fsp3) is 0.174. The number of nitro benzene ring substituents is 1. The zero-order valence-corrected chi connectivity index (χ0v) is 18.2. The molecule has 158 valence electrons. The molecular formula is C23H21N3O4S. The summed E-state index contributed by atoms with van der Waals surface area (Å²) in [7, 11) is 1.44. The molecule has 4 rings (SSSR count). The number of amides is 1. The lowest BCUT2D eigenvalue weighted by Crippen LogP contribution is -2.14. The molecular weight excluding hydrogens is 414 g/mol. The molecule has 0 bridgehead atoms. The average Bonchev–Trinajstić information content (AvgIpc) is 3.10. The van der Waals surface area contributed by atoms with Gasteiger partial charge in [0, 0.05) is 34.0 Å². The molecule has 7 nitrogen and oxygen atoms in total. The first kappa shape index (κ1) is 20.7. The van der Waals surface area contributed by atoms with Crippen LogP contribution in [0.1, 0.15) is 17.3 Å². The maximum absolute atomic E-state index is 13.0. The monoisotopic (exact) mass is 435 g/mol. The minimum absolute atomic E-state index is 0.00812. The van der Waals surface area contributed by atoms with Gasteiger partial charge in [-0.05, 0) is 43.5 Å². The average molecular weight is 436 g/mol. The summed E-state index contributed by atoms with van der Waals surface area (Å²) in [6.07, 6.45) is 1.82. The normalized spacial score (nSPS) is 11.1. The van der Waals surface area contributed by atoms with E-state index in [0.717, 1.165) is 28.4 Å². The van der Waals surface area contributed by atoms with Gasteiger partial charge in [-0.3, -0.25) is 14.9 Å². The molecule has 31 heavy (non-hydrogen) atoms. The highest BCUT2D eigenvalue weighted by Crippen LogP contribution is 2.35. The zero-order chi connectivity index (χ0) is 22.1. The fourth-order valence-electron chi connectivity index (χ4n) is 3.87. The summed E-state index contributed by atoms with van der Waals surface area (Å²) in [6.45, 7) is 2.92. The number of aromatic nitrogens is 1. The second kappa shape index (κ2) is 8.31. The molecule has 0 atom stereocenters. The smallest absolute Gasteiger partial charge is 0.285 e. The van der Waals surface area contributed by atoms with Crippen LogP contribution in [0.4, 0.5) is 11.4 Å². The van der Waals surface area contributed by atoms with Gasteiger partial charge in [-0.1, -0.05) is 18.2 Å². The number of nitrogens with zero attached hydrogens (tertiary/aromatic N) is 2. The predicted octanol–water partition coefficient (Wildman–Crippen LogP) is 5.71. The summed E-state index contributed by atoms with van der Waals surface area (Å²) in [4.78, 5) is 24.6. The minimum Gasteiger partial charge on any atom is -0.495 e. The van der Waals surface area contributed by atoms with Crippen LogP contribution in [0.5, 0.6) is 5.75 Å². The summed E-state index contributed by atoms with van der Waals surface area (Å²) < 4.78 is 7.44. The third-order valence-corrected chi connectivity index (χ3v) is 6.05. The lowest BCUT2D eigenvalue weighted by Gasteiger charge is -2.11. The predicted molar refractivity (Wildman–Crippen MR) is 125 cm³/mol. The molecule has 1 amide bonds. The Morgan fingerprint density at radius 3 is 2.55 bits per heavy atom. The molecule has 0 unspecified atom stereocenters. The van der Waals surface area contributed by atoms with Gasteiger partial charge < -0.3 is 14.6 Å². The van der Waals surface area contributed by atoms with Crippen LogP contribution < -0.4 is 10.1 Å². The van der Waals surface area contributed by atoms with E-state index in [2.05, 4.69) is 28.9 Å². The van der Waals surface area contributed by atoms with Gasteiger partial charge in [0.2, 0.25) is 0 Å². The number of benzene rings is 3. The van der Waals surface area contributed by atoms with Crippen molar-refractivity contribution in [3.05, 3.63) is 70.3 Å². The Hall–Kier alpha value is -3.52. The van der Waals surface area contributed by atoms with Crippen molar-refractivity contribution in [3.8, 4) is 5.75 Å². The van der Waals surface area contributed by atoms with E-state index < -0.39 is 10.8 Å². The molecule has 8 heteroatoms. The Balaban J connectivity index is 1.77. The van der Waals surface area contributed by atoms with Crippen LogP contribution in [0.15, 0.2) is 59.5 Å². The van der Waals surface area contributed by atoms with E-state index in [-0.39, 0.29) is 11.3 Å². The first-order valence-electron chi connectivity index (χ1n) is 9.71. The molecule has 1 N–H and O–H groups in total. The van der Waals surface area contributed by atoms with E-state index in [4.69, 9.17) is 4.74 Å². The Morgan fingerprint density at radius 1 is 1.13 bits per heavy atom. The van der Waals surface area contributed by atoms with Gasteiger partial charge in [0.05, 0.1) is 23.0 Å². The molecule has 0 spiro atoms. The molecule has 0 fully saturated rings. The molecule has 0 radical (unpaired) electrons. The summed E-state index contributed by atoms with van der Waals surface area (Å²) in [6, 6.07) is 16.6. The van der Waals surface area contributed by atoms with Crippen LogP contribution in [0.3, 0.4) is 0 Å². The summed E-state index contributed by atoms with van der Waals surface area (Å²) >= 11 is 1.36. The zero-order valence-electron chi connectivity index (χ0n) is 17.3. The second-order valence-electron chi connectivity index (χ2n) is 6.93. The number of para-hydroxylation sites is 1. The van der Waals surface area contributed by atoms with Crippen LogP contribution in [-0.4, -0.2) is 28.8 Å². The number of rotatable bonds is 6. The van der Waals surface area contributed by atoms with Gasteiger partial charge >= 0.3 is 0 Å². The van der Waals surface area contributed by atoms with E-state index in [0.29, 0.717) is 16.3 Å². The highest BCUT2D eigenvalue weighted by molar-refractivity contribution is 7.98. The van der Waals surface area contributed by atoms with Crippen molar-refractivity contribution >= 4 is 50.8 Å². The molecule has 1 heterocycles. The number of methoxy groups -OCH3 is 1. The van der Waals surface area contributed by atoms with E-state index in [1.165, 1.54) is 31.0 Å². The number of hydrogen-bond donors (Lipinski definition) is 1. The van der Waals surface area contributed by atoms with Crippen LogP contribution in [0.25, 0.3) is 21.8 Å². The fourth-order valence-corrected chi connectivity index (χ4v) is 4.45. The number of nitro groups is 1. The Bertz CT molecular complexity index is 1330. The number of fused-ring (bicyclic) bond motifs is 3. The number of aryl methyl sites for hydroxylation is 1. The standard InChI is InChI=1S/C23H21N3O4S/c1-4-25-18-8-6-5-7-15(18)16-11-14(9-10-19(16)25)24-23(27)17-12-22(31-3)21(30-2)13-20(17)26(28)29/h5-13H,4H2,1-3H3,(H,24,27). The summed E-state index contributed by atoms with van der Waals surface area (Å²) in [5.74, 6) is -0.173. The maximum atomic E-state index is 13.0. The van der Waals surface area contributed by atoms with Crippen molar-refractivity contribution in [2.45, 2.75) is 18.4 Å². The first-order valence-corrected chi connectivity index (χ1v) is 10.9. The van der Waals surface area contributed by atoms with Gasteiger partial charge in [0.25, 0.3) is 11.6 Å². The molecule has 4 aromatic rings. The third kappa shape index (κ3) is 3.59. The largest absolute Gasteiger partial charge is 0.495 e. The molecule has 0 aliphatic rings. The highest BCUT2D eigenvalue weighted by Gasteiger charge is 2.24.